The quantitative estimate of drug-likeness (QED) is 0.452. The average Bonchev–Trinajstić information content (AvgIpc) is 2.81. The van der Waals surface area contributed by atoms with E-state index in [4.69, 9.17) is 16.3 Å². The van der Waals surface area contributed by atoms with Crippen molar-refractivity contribution in [3.05, 3.63) is 21.6 Å². The van der Waals surface area contributed by atoms with Crippen LogP contribution in [0.1, 0.15) is 19.8 Å². The summed E-state index contributed by atoms with van der Waals surface area (Å²) in [7, 11) is 0. The highest BCUT2D eigenvalue weighted by Crippen LogP contribution is 2.31. The lowest BCUT2D eigenvalue weighted by Crippen LogP contribution is -2.06. The topological polar surface area (TPSA) is 73.5 Å². The zero-order valence-electron chi connectivity index (χ0n) is 8.85. The second kappa shape index (κ2) is 4.03. The van der Waals surface area contributed by atoms with Gasteiger partial charge in [0.25, 0.3) is 0 Å². The molecule has 88 valence electrons. The third kappa shape index (κ3) is 2.51. The minimum atomic E-state index is -0.548. The zero-order valence-corrected chi connectivity index (χ0v) is 9.61. The van der Waals surface area contributed by atoms with Gasteiger partial charge in [0, 0.05) is 6.54 Å². The Labute approximate surface area is 97.3 Å². The fourth-order valence-electron chi connectivity index (χ4n) is 1.52. The highest BCUT2D eigenvalue weighted by molar-refractivity contribution is 6.28. The predicted octanol–water partition coefficient (Wildman–Crippen LogP) is 2.01. The smallest absolute Gasteiger partial charge is 0.370 e. The van der Waals surface area contributed by atoms with Gasteiger partial charge >= 0.3 is 11.1 Å². The first-order valence-electron chi connectivity index (χ1n) is 5.01. The van der Waals surface area contributed by atoms with Crippen molar-refractivity contribution in [1.82, 2.24) is 9.55 Å². The lowest BCUT2D eigenvalue weighted by Gasteiger charge is -2.04. The van der Waals surface area contributed by atoms with Crippen LogP contribution in [-0.4, -0.2) is 26.7 Å². The third-order valence-corrected chi connectivity index (χ3v) is 2.95. The molecule has 1 aliphatic heterocycles. The molecule has 1 aromatic heterocycles. The minimum absolute atomic E-state index is 0.0129. The highest BCUT2D eigenvalue weighted by Gasteiger charge is 2.38. The predicted molar refractivity (Wildman–Crippen MR) is 57.5 cm³/mol. The van der Waals surface area contributed by atoms with E-state index in [0.717, 1.165) is 19.4 Å². The summed E-state index contributed by atoms with van der Waals surface area (Å²) in [5.74, 6) is -0.209. The molecule has 1 atom stereocenters. The van der Waals surface area contributed by atoms with Gasteiger partial charge in [-0.2, -0.15) is 0 Å². The van der Waals surface area contributed by atoms with Crippen LogP contribution in [0.15, 0.2) is 6.20 Å². The van der Waals surface area contributed by atoms with Crippen molar-refractivity contribution in [3.63, 3.8) is 0 Å². The lowest BCUT2D eigenvalue weighted by molar-refractivity contribution is -0.389. The van der Waals surface area contributed by atoms with Gasteiger partial charge in [0.1, 0.15) is 6.20 Å². The van der Waals surface area contributed by atoms with E-state index in [0.29, 0.717) is 6.54 Å². The number of aromatic nitrogens is 2. The van der Waals surface area contributed by atoms with E-state index in [9.17, 15) is 10.1 Å². The standard InChI is InChI=1S/C9H12ClN3O3/c1-9(6-16-9)3-2-4-12-5-7(13(14)15)11-8(12)10/h5H,2-4,6H2,1H3/t9-/m1/s1. The molecule has 7 heteroatoms. The van der Waals surface area contributed by atoms with Gasteiger partial charge in [-0.1, -0.05) is 0 Å². The summed E-state index contributed by atoms with van der Waals surface area (Å²) in [6, 6.07) is 0. The molecule has 0 radical (unpaired) electrons. The van der Waals surface area contributed by atoms with E-state index >= 15 is 0 Å². The summed E-state index contributed by atoms with van der Waals surface area (Å²) in [6.45, 7) is 3.47. The summed E-state index contributed by atoms with van der Waals surface area (Å²) >= 11 is 5.77. The van der Waals surface area contributed by atoms with Crippen molar-refractivity contribution < 1.29 is 9.66 Å². The Morgan fingerprint density at radius 1 is 1.81 bits per heavy atom. The Hall–Kier alpha value is -1.14. The maximum atomic E-state index is 10.5. The lowest BCUT2D eigenvalue weighted by atomic mass is 10.1. The first kappa shape index (κ1) is 11.3. The van der Waals surface area contributed by atoms with Crippen LogP contribution in [0.4, 0.5) is 5.82 Å². The molecule has 0 aromatic carbocycles. The fraction of sp³-hybridized carbons (Fsp3) is 0.667. The summed E-state index contributed by atoms with van der Waals surface area (Å²) < 4.78 is 6.83. The molecule has 0 bridgehead atoms. The first-order valence-corrected chi connectivity index (χ1v) is 5.39. The third-order valence-electron chi connectivity index (χ3n) is 2.64. The van der Waals surface area contributed by atoms with Gasteiger partial charge in [0.15, 0.2) is 0 Å². The van der Waals surface area contributed by atoms with E-state index in [1.54, 1.807) is 4.57 Å². The second-order valence-electron chi connectivity index (χ2n) is 4.16. The number of nitrogens with zero attached hydrogens (tertiary/aromatic N) is 3. The Morgan fingerprint density at radius 3 is 3.00 bits per heavy atom. The van der Waals surface area contributed by atoms with Crippen molar-refractivity contribution in [2.75, 3.05) is 6.61 Å². The van der Waals surface area contributed by atoms with Crippen LogP contribution in [0.3, 0.4) is 0 Å². The molecular weight excluding hydrogens is 234 g/mol. The van der Waals surface area contributed by atoms with E-state index in [1.807, 2.05) is 6.92 Å². The van der Waals surface area contributed by atoms with Crippen LogP contribution in [0.25, 0.3) is 0 Å². The average molecular weight is 246 g/mol. The van der Waals surface area contributed by atoms with Crippen LogP contribution in [0.2, 0.25) is 5.28 Å². The Balaban J connectivity index is 1.90. The van der Waals surface area contributed by atoms with Gasteiger partial charge in [0.05, 0.1) is 12.2 Å². The number of hydrogen-bond acceptors (Lipinski definition) is 4. The molecule has 0 amide bonds. The minimum Gasteiger partial charge on any atom is -0.370 e. The fourth-order valence-corrected chi connectivity index (χ4v) is 1.74. The zero-order chi connectivity index (χ0) is 11.8. The number of imidazole rings is 1. The molecular formula is C9H12ClN3O3. The van der Waals surface area contributed by atoms with E-state index in [2.05, 4.69) is 4.98 Å². The van der Waals surface area contributed by atoms with Crippen LogP contribution < -0.4 is 0 Å². The van der Waals surface area contributed by atoms with Crippen LogP contribution >= 0.6 is 11.6 Å². The van der Waals surface area contributed by atoms with E-state index in [-0.39, 0.29) is 16.7 Å². The van der Waals surface area contributed by atoms with Crippen molar-refractivity contribution in [1.29, 1.82) is 0 Å². The Bertz CT molecular complexity index is 414. The van der Waals surface area contributed by atoms with Gasteiger partial charge in [0.2, 0.25) is 0 Å². The molecule has 1 saturated heterocycles. The Morgan fingerprint density at radius 2 is 2.50 bits per heavy atom. The van der Waals surface area contributed by atoms with Crippen molar-refractivity contribution in [2.24, 2.45) is 0 Å². The summed E-state index contributed by atoms with van der Waals surface area (Å²) in [5, 5.41) is 10.6. The molecule has 0 spiro atoms. The van der Waals surface area contributed by atoms with Crippen LogP contribution in [0, 0.1) is 10.1 Å². The first-order chi connectivity index (χ1) is 7.50. The molecule has 6 nitrogen and oxygen atoms in total. The number of nitro groups is 1. The molecule has 16 heavy (non-hydrogen) atoms. The monoisotopic (exact) mass is 245 g/mol. The summed E-state index contributed by atoms with van der Waals surface area (Å²) in [4.78, 5) is 13.6. The van der Waals surface area contributed by atoms with Crippen molar-refractivity contribution >= 4 is 17.4 Å². The summed E-state index contributed by atoms with van der Waals surface area (Å²) in [5.41, 5.74) is 0.0129. The molecule has 2 heterocycles. The molecule has 0 saturated carbocycles. The molecule has 1 fully saturated rings. The van der Waals surface area contributed by atoms with Crippen molar-refractivity contribution in [3.8, 4) is 0 Å². The number of aryl methyl sites for hydroxylation is 1. The molecule has 1 aliphatic rings. The number of rotatable bonds is 5. The van der Waals surface area contributed by atoms with Gasteiger partial charge in [-0.05, 0) is 41.3 Å². The molecule has 0 aliphatic carbocycles. The summed E-state index contributed by atoms with van der Waals surface area (Å²) in [6.07, 6.45) is 3.15. The number of epoxide rings is 1. The number of halogens is 1. The molecule has 2 rings (SSSR count). The van der Waals surface area contributed by atoms with Gasteiger partial charge in [-0.25, -0.2) is 0 Å². The number of ether oxygens (including phenoxy) is 1. The van der Waals surface area contributed by atoms with Gasteiger partial charge in [-0.15, -0.1) is 0 Å². The van der Waals surface area contributed by atoms with Crippen LogP contribution in [-0.2, 0) is 11.3 Å². The Kier molecular flexibility index (Phi) is 2.86. The van der Waals surface area contributed by atoms with Gasteiger partial charge < -0.3 is 14.9 Å². The second-order valence-corrected chi connectivity index (χ2v) is 4.50. The van der Waals surface area contributed by atoms with Gasteiger partial charge in [-0.3, -0.25) is 4.57 Å². The SMILES string of the molecule is C[C@@]1(CCCn2cc([N+](=O)[O-])nc2Cl)CO1. The van der Waals surface area contributed by atoms with Crippen LogP contribution in [0.5, 0.6) is 0 Å². The normalized spacial score (nSPS) is 23.4. The molecule has 0 unspecified atom stereocenters. The maximum absolute atomic E-state index is 10.5. The van der Waals surface area contributed by atoms with Crippen molar-refractivity contribution in [2.45, 2.75) is 31.9 Å². The number of hydrogen-bond donors (Lipinski definition) is 0. The van der Waals surface area contributed by atoms with E-state index < -0.39 is 4.92 Å². The largest absolute Gasteiger partial charge is 0.383 e. The molecule has 0 N–H and O–H groups in total. The van der Waals surface area contributed by atoms with E-state index in [1.165, 1.54) is 6.20 Å². The molecule has 1 aromatic rings. The maximum Gasteiger partial charge on any atom is 0.383 e. The highest BCUT2D eigenvalue weighted by atomic mass is 35.5.